The summed E-state index contributed by atoms with van der Waals surface area (Å²) in [6.45, 7) is 2.45. The number of halogens is 1. The molecule has 1 saturated heterocycles. The van der Waals surface area contributed by atoms with Crippen molar-refractivity contribution in [2.24, 2.45) is 0 Å². The quantitative estimate of drug-likeness (QED) is 0.263. The molecular formula is C26H21BrN4O3. The number of carbonyl (C=O) groups is 1. The fraction of sp³-hybridized carbons (Fsp3) is 0.154. The molecule has 8 heteroatoms. The maximum atomic E-state index is 13.6. The number of carbonyl (C=O) groups excluding carboxylic acids is 1. The van der Waals surface area contributed by atoms with Gasteiger partial charge in [0.1, 0.15) is 0 Å². The second kappa shape index (κ2) is 9.23. The molecule has 0 bridgehead atoms. The lowest BCUT2D eigenvalue weighted by molar-refractivity contribution is -0.384. The molecule has 34 heavy (non-hydrogen) atoms. The maximum absolute atomic E-state index is 13.6. The molecule has 4 aromatic rings. The van der Waals surface area contributed by atoms with Gasteiger partial charge in [-0.1, -0.05) is 46.3 Å². The minimum absolute atomic E-state index is 0.0156. The Labute approximate surface area is 204 Å². The fourth-order valence-corrected chi connectivity index (χ4v) is 4.67. The van der Waals surface area contributed by atoms with Crippen LogP contribution in [0.15, 0.2) is 83.3 Å². The minimum atomic E-state index is -0.401. The Morgan fingerprint density at radius 2 is 1.65 bits per heavy atom. The van der Waals surface area contributed by atoms with Crippen LogP contribution < -0.4 is 4.90 Å². The van der Waals surface area contributed by atoms with Crippen LogP contribution in [0, 0.1) is 10.1 Å². The highest BCUT2D eigenvalue weighted by Crippen LogP contribution is 2.28. The van der Waals surface area contributed by atoms with Crippen molar-refractivity contribution in [2.75, 3.05) is 31.1 Å². The summed E-state index contributed by atoms with van der Waals surface area (Å²) in [5, 5.41) is 11.7. The van der Waals surface area contributed by atoms with Gasteiger partial charge in [-0.3, -0.25) is 14.9 Å². The lowest BCUT2D eigenvalue weighted by Crippen LogP contribution is -2.48. The van der Waals surface area contributed by atoms with E-state index in [2.05, 4.69) is 20.8 Å². The van der Waals surface area contributed by atoms with Crippen molar-refractivity contribution in [1.29, 1.82) is 0 Å². The molecule has 0 atom stereocenters. The third kappa shape index (κ3) is 4.36. The summed E-state index contributed by atoms with van der Waals surface area (Å²) in [6.07, 6.45) is 0. The number of benzene rings is 3. The number of piperazine rings is 1. The average molecular weight is 517 g/mol. The number of para-hydroxylation sites is 1. The Balaban J connectivity index is 1.40. The molecule has 2 heterocycles. The van der Waals surface area contributed by atoms with Crippen LogP contribution in [0.1, 0.15) is 10.4 Å². The Bertz CT molecular complexity index is 1380. The first kappa shape index (κ1) is 22.0. The normalized spacial score (nSPS) is 13.8. The number of non-ortho nitro benzene ring substituents is 1. The van der Waals surface area contributed by atoms with Gasteiger partial charge in [-0.25, -0.2) is 4.98 Å². The van der Waals surface area contributed by atoms with Crippen LogP contribution in [0.4, 0.5) is 11.4 Å². The summed E-state index contributed by atoms with van der Waals surface area (Å²) in [7, 11) is 0. The van der Waals surface area contributed by atoms with E-state index in [-0.39, 0.29) is 11.6 Å². The molecule has 0 saturated carbocycles. The molecular weight excluding hydrogens is 496 g/mol. The third-order valence-electron chi connectivity index (χ3n) is 6.06. The number of hydrogen-bond acceptors (Lipinski definition) is 5. The number of aromatic nitrogens is 1. The number of rotatable bonds is 4. The van der Waals surface area contributed by atoms with Crippen molar-refractivity contribution in [3.05, 3.63) is 99.0 Å². The van der Waals surface area contributed by atoms with E-state index in [1.54, 1.807) is 12.1 Å². The highest BCUT2D eigenvalue weighted by Gasteiger charge is 2.25. The SMILES string of the molecule is O=C(c1cc(-c2cccc(Br)c2)nc2ccccc12)N1CCN(c2ccc([N+](=O)[O-])cc2)CC1. The van der Waals surface area contributed by atoms with Crippen molar-refractivity contribution in [1.82, 2.24) is 9.88 Å². The summed E-state index contributed by atoms with van der Waals surface area (Å²) in [5.74, 6) is -0.0156. The largest absolute Gasteiger partial charge is 0.368 e. The average Bonchev–Trinajstić information content (AvgIpc) is 2.88. The number of nitro benzene ring substituents is 1. The standard InChI is InChI=1S/C26H21BrN4O3/c27-19-5-3-4-18(16-19)25-17-23(22-6-1-2-7-24(22)28-25)26(32)30-14-12-29(13-15-30)20-8-10-21(11-9-20)31(33)34/h1-11,16-17H,12-15H2. The molecule has 0 radical (unpaired) electrons. The highest BCUT2D eigenvalue weighted by molar-refractivity contribution is 9.10. The molecule has 7 nitrogen and oxygen atoms in total. The molecule has 0 spiro atoms. The van der Waals surface area contributed by atoms with Crippen LogP contribution in [-0.4, -0.2) is 46.9 Å². The van der Waals surface area contributed by atoms with Gasteiger partial charge in [0, 0.05) is 59.4 Å². The second-order valence-electron chi connectivity index (χ2n) is 8.14. The number of anilines is 1. The molecule has 0 unspecified atom stereocenters. The van der Waals surface area contributed by atoms with E-state index in [9.17, 15) is 14.9 Å². The molecule has 1 aromatic heterocycles. The van der Waals surface area contributed by atoms with Gasteiger partial charge in [-0.2, -0.15) is 0 Å². The van der Waals surface area contributed by atoms with Crippen LogP contribution in [0.2, 0.25) is 0 Å². The van der Waals surface area contributed by atoms with E-state index in [0.29, 0.717) is 31.7 Å². The van der Waals surface area contributed by atoms with Crippen molar-refractivity contribution in [3.63, 3.8) is 0 Å². The highest BCUT2D eigenvalue weighted by atomic mass is 79.9. The zero-order valence-corrected chi connectivity index (χ0v) is 19.8. The van der Waals surface area contributed by atoms with Gasteiger partial charge in [0.05, 0.1) is 21.7 Å². The van der Waals surface area contributed by atoms with E-state index in [4.69, 9.17) is 4.98 Å². The van der Waals surface area contributed by atoms with Crippen molar-refractivity contribution in [2.45, 2.75) is 0 Å². The summed E-state index contributed by atoms with van der Waals surface area (Å²) >= 11 is 3.51. The lowest BCUT2D eigenvalue weighted by Gasteiger charge is -2.36. The zero-order chi connectivity index (χ0) is 23.7. The number of hydrogen-bond donors (Lipinski definition) is 0. The first-order valence-corrected chi connectivity index (χ1v) is 11.7. The molecule has 0 aliphatic carbocycles. The second-order valence-corrected chi connectivity index (χ2v) is 9.05. The molecule has 1 fully saturated rings. The first-order chi connectivity index (χ1) is 16.5. The van der Waals surface area contributed by atoms with Crippen LogP contribution in [0.3, 0.4) is 0 Å². The molecule has 1 amide bonds. The van der Waals surface area contributed by atoms with Crippen LogP contribution >= 0.6 is 15.9 Å². The van der Waals surface area contributed by atoms with Crippen molar-refractivity contribution < 1.29 is 9.72 Å². The number of fused-ring (bicyclic) bond motifs is 1. The van der Waals surface area contributed by atoms with E-state index in [0.717, 1.165) is 32.3 Å². The summed E-state index contributed by atoms with van der Waals surface area (Å²) < 4.78 is 0.954. The van der Waals surface area contributed by atoms with Gasteiger partial charge in [-0.05, 0) is 36.4 Å². The molecule has 5 rings (SSSR count). The van der Waals surface area contributed by atoms with Crippen LogP contribution in [0.25, 0.3) is 22.2 Å². The summed E-state index contributed by atoms with van der Waals surface area (Å²) in [6, 6.07) is 24.0. The van der Waals surface area contributed by atoms with E-state index >= 15 is 0 Å². The maximum Gasteiger partial charge on any atom is 0.269 e. The van der Waals surface area contributed by atoms with Gasteiger partial charge < -0.3 is 9.80 Å². The molecule has 1 aliphatic rings. The first-order valence-electron chi connectivity index (χ1n) is 10.9. The predicted molar refractivity (Wildman–Crippen MR) is 136 cm³/mol. The molecule has 1 aliphatic heterocycles. The van der Waals surface area contributed by atoms with Crippen molar-refractivity contribution in [3.8, 4) is 11.3 Å². The van der Waals surface area contributed by atoms with Crippen molar-refractivity contribution >= 4 is 44.1 Å². The number of amides is 1. The van der Waals surface area contributed by atoms with Crippen LogP contribution in [-0.2, 0) is 0 Å². The minimum Gasteiger partial charge on any atom is -0.368 e. The zero-order valence-electron chi connectivity index (χ0n) is 18.2. The van der Waals surface area contributed by atoms with Gasteiger partial charge >= 0.3 is 0 Å². The van der Waals surface area contributed by atoms with Gasteiger partial charge in [0.15, 0.2) is 0 Å². The Hall–Kier alpha value is -3.78. The third-order valence-corrected chi connectivity index (χ3v) is 6.55. The molecule has 3 aromatic carbocycles. The molecule has 0 N–H and O–H groups in total. The lowest BCUT2D eigenvalue weighted by atomic mass is 10.0. The number of nitrogens with zero attached hydrogens (tertiary/aromatic N) is 4. The number of nitro groups is 1. The Morgan fingerprint density at radius 1 is 0.912 bits per heavy atom. The summed E-state index contributed by atoms with van der Waals surface area (Å²) in [5.41, 5.74) is 4.12. The topological polar surface area (TPSA) is 79.6 Å². The van der Waals surface area contributed by atoms with E-state index in [1.165, 1.54) is 12.1 Å². The monoisotopic (exact) mass is 516 g/mol. The smallest absolute Gasteiger partial charge is 0.269 e. The van der Waals surface area contributed by atoms with Gasteiger partial charge in [0.25, 0.3) is 11.6 Å². The summed E-state index contributed by atoms with van der Waals surface area (Å²) in [4.78, 5) is 32.9. The fourth-order valence-electron chi connectivity index (χ4n) is 4.27. The van der Waals surface area contributed by atoms with Gasteiger partial charge in [0.2, 0.25) is 0 Å². The van der Waals surface area contributed by atoms with E-state index < -0.39 is 4.92 Å². The Morgan fingerprint density at radius 3 is 2.35 bits per heavy atom. The van der Waals surface area contributed by atoms with Gasteiger partial charge in [-0.15, -0.1) is 0 Å². The molecule has 170 valence electrons. The predicted octanol–water partition coefficient (Wildman–Crippen LogP) is 5.53. The Kier molecular flexibility index (Phi) is 5.98. The van der Waals surface area contributed by atoms with E-state index in [1.807, 2.05) is 59.5 Å². The number of pyridine rings is 1. The van der Waals surface area contributed by atoms with Crippen LogP contribution in [0.5, 0.6) is 0 Å².